The van der Waals surface area contributed by atoms with Gasteiger partial charge < -0.3 is 14.2 Å². The molecule has 2 aromatic carbocycles. The first-order chi connectivity index (χ1) is 11.6. The predicted octanol–water partition coefficient (Wildman–Crippen LogP) is 3.36. The van der Waals surface area contributed by atoms with Gasteiger partial charge in [-0.1, -0.05) is 18.2 Å². The lowest BCUT2D eigenvalue weighted by Crippen LogP contribution is -2.07. The van der Waals surface area contributed by atoms with Crippen LogP contribution in [0.5, 0.6) is 11.5 Å². The molecule has 0 unspecified atom stereocenters. The summed E-state index contributed by atoms with van der Waals surface area (Å²) in [5.74, 6) is 0.0545. The van der Waals surface area contributed by atoms with Crippen molar-refractivity contribution in [1.82, 2.24) is 0 Å². The Labute approximate surface area is 138 Å². The molecule has 2 rings (SSSR count). The van der Waals surface area contributed by atoms with Gasteiger partial charge in [-0.3, -0.25) is 10.1 Å². The number of nitrogens with zero attached hydrogens (tertiary/aromatic N) is 1. The van der Waals surface area contributed by atoms with E-state index in [1.165, 1.54) is 19.2 Å². The summed E-state index contributed by atoms with van der Waals surface area (Å²) < 4.78 is 15.6. The number of esters is 1. The lowest BCUT2D eigenvalue weighted by atomic mass is 10.2. The van der Waals surface area contributed by atoms with Crippen molar-refractivity contribution in [2.24, 2.45) is 0 Å². The molecule has 2 aromatic rings. The van der Waals surface area contributed by atoms with Crippen LogP contribution < -0.4 is 9.47 Å². The number of carbonyl (C=O) groups excluding carboxylic acids is 1. The maximum Gasteiger partial charge on any atom is 0.338 e. The van der Waals surface area contributed by atoms with E-state index in [2.05, 4.69) is 0 Å². The first-order valence-electron chi connectivity index (χ1n) is 7.27. The zero-order chi connectivity index (χ0) is 17.5. The molecule has 0 aliphatic rings. The fourth-order valence-electron chi connectivity index (χ4n) is 2.11. The standard InChI is InChI=1S/C17H17NO6/c1-3-23-15-7-5-4-6-13(15)11-24-17(19)12-8-9-16(22-2)14(10-12)18(20)21/h4-10H,3,11H2,1-2H3. The fraction of sp³-hybridized carbons (Fsp3) is 0.235. The van der Waals surface area contributed by atoms with Gasteiger partial charge in [0.1, 0.15) is 12.4 Å². The second kappa shape index (κ2) is 7.96. The minimum absolute atomic E-state index is 0.00876. The van der Waals surface area contributed by atoms with Crippen LogP contribution in [0.4, 0.5) is 5.69 Å². The first kappa shape index (κ1) is 17.3. The molecule has 0 N–H and O–H groups in total. The highest BCUT2D eigenvalue weighted by Crippen LogP contribution is 2.28. The maximum absolute atomic E-state index is 12.1. The minimum Gasteiger partial charge on any atom is -0.493 e. The highest BCUT2D eigenvalue weighted by Gasteiger charge is 2.19. The fourth-order valence-corrected chi connectivity index (χ4v) is 2.11. The van der Waals surface area contributed by atoms with Gasteiger partial charge >= 0.3 is 11.7 Å². The lowest BCUT2D eigenvalue weighted by Gasteiger charge is -2.10. The molecule has 0 aliphatic heterocycles. The number of rotatable bonds is 7. The Kier molecular flexibility index (Phi) is 5.73. The molecular weight excluding hydrogens is 314 g/mol. The van der Waals surface area contributed by atoms with Crippen molar-refractivity contribution < 1.29 is 23.9 Å². The Hall–Kier alpha value is -3.09. The number of carbonyl (C=O) groups is 1. The van der Waals surface area contributed by atoms with Crippen molar-refractivity contribution in [1.29, 1.82) is 0 Å². The average molecular weight is 331 g/mol. The molecule has 0 amide bonds. The molecule has 0 bridgehead atoms. The van der Waals surface area contributed by atoms with Crippen LogP contribution in [0.2, 0.25) is 0 Å². The van der Waals surface area contributed by atoms with Crippen molar-refractivity contribution in [3.8, 4) is 11.5 Å². The Balaban J connectivity index is 2.13. The van der Waals surface area contributed by atoms with E-state index in [1.807, 2.05) is 19.1 Å². The van der Waals surface area contributed by atoms with Gasteiger partial charge in [-0.2, -0.15) is 0 Å². The Morgan fingerprint density at radius 2 is 1.92 bits per heavy atom. The van der Waals surface area contributed by atoms with E-state index in [-0.39, 0.29) is 23.6 Å². The van der Waals surface area contributed by atoms with E-state index in [0.29, 0.717) is 12.4 Å². The third kappa shape index (κ3) is 4.01. The van der Waals surface area contributed by atoms with Crippen LogP contribution in [0.15, 0.2) is 42.5 Å². The summed E-state index contributed by atoms with van der Waals surface area (Å²) in [6, 6.07) is 11.1. The van der Waals surface area contributed by atoms with Gasteiger partial charge in [0.15, 0.2) is 5.75 Å². The lowest BCUT2D eigenvalue weighted by molar-refractivity contribution is -0.385. The molecule has 7 heteroatoms. The van der Waals surface area contributed by atoms with Gasteiger partial charge in [-0.05, 0) is 25.1 Å². The molecule has 24 heavy (non-hydrogen) atoms. The SMILES string of the molecule is CCOc1ccccc1COC(=O)c1ccc(OC)c([N+](=O)[O-])c1. The quantitative estimate of drug-likeness (QED) is 0.439. The summed E-state index contributed by atoms with van der Waals surface area (Å²) in [5, 5.41) is 11.0. The highest BCUT2D eigenvalue weighted by atomic mass is 16.6. The number of ether oxygens (including phenoxy) is 3. The second-order valence-electron chi connectivity index (χ2n) is 4.76. The zero-order valence-electron chi connectivity index (χ0n) is 13.4. The Morgan fingerprint density at radius 3 is 2.58 bits per heavy atom. The molecular formula is C17H17NO6. The van der Waals surface area contributed by atoms with Crippen molar-refractivity contribution in [3.05, 3.63) is 63.7 Å². The minimum atomic E-state index is -0.660. The monoisotopic (exact) mass is 331 g/mol. The predicted molar refractivity (Wildman–Crippen MR) is 86.4 cm³/mol. The largest absolute Gasteiger partial charge is 0.493 e. The van der Waals surface area contributed by atoms with Crippen LogP contribution in [0.1, 0.15) is 22.8 Å². The van der Waals surface area contributed by atoms with Crippen molar-refractivity contribution in [3.63, 3.8) is 0 Å². The van der Waals surface area contributed by atoms with Crippen LogP contribution in [0.25, 0.3) is 0 Å². The Bertz CT molecular complexity index is 744. The normalized spacial score (nSPS) is 10.1. The molecule has 126 valence electrons. The third-order valence-corrected chi connectivity index (χ3v) is 3.24. The summed E-state index contributed by atoms with van der Waals surface area (Å²) in [4.78, 5) is 22.5. The van der Waals surface area contributed by atoms with E-state index in [1.54, 1.807) is 12.1 Å². The van der Waals surface area contributed by atoms with Crippen LogP contribution in [-0.2, 0) is 11.3 Å². The molecule has 0 aliphatic carbocycles. The molecule has 0 spiro atoms. The van der Waals surface area contributed by atoms with E-state index in [9.17, 15) is 14.9 Å². The number of para-hydroxylation sites is 1. The van der Waals surface area contributed by atoms with Crippen LogP contribution >= 0.6 is 0 Å². The maximum atomic E-state index is 12.1. The summed E-state index contributed by atoms with van der Waals surface area (Å²) >= 11 is 0. The summed E-state index contributed by atoms with van der Waals surface area (Å²) in [6.07, 6.45) is 0. The van der Waals surface area contributed by atoms with Gasteiger partial charge in [0.2, 0.25) is 0 Å². The molecule has 0 saturated carbocycles. The van der Waals surface area contributed by atoms with Gasteiger partial charge in [0.05, 0.1) is 24.2 Å². The number of benzene rings is 2. The number of nitro groups is 1. The van der Waals surface area contributed by atoms with Gasteiger partial charge in [0.25, 0.3) is 0 Å². The molecule has 0 atom stereocenters. The van der Waals surface area contributed by atoms with Crippen LogP contribution in [0, 0.1) is 10.1 Å². The van der Waals surface area contributed by atoms with Gasteiger partial charge in [0, 0.05) is 11.6 Å². The highest BCUT2D eigenvalue weighted by molar-refractivity contribution is 5.90. The van der Waals surface area contributed by atoms with Crippen LogP contribution in [0.3, 0.4) is 0 Å². The third-order valence-electron chi connectivity index (χ3n) is 3.24. The number of hydrogen-bond donors (Lipinski definition) is 0. The summed E-state index contributed by atoms with van der Waals surface area (Å²) in [7, 11) is 1.32. The molecule has 0 aromatic heterocycles. The molecule has 0 fully saturated rings. The zero-order valence-corrected chi connectivity index (χ0v) is 13.4. The van der Waals surface area contributed by atoms with Gasteiger partial charge in [-0.15, -0.1) is 0 Å². The molecule has 0 saturated heterocycles. The Morgan fingerprint density at radius 1 is 1.17 bits per heavy atom. The van der Waals surface area contributed by atoms with Crippen molar-refractivity contribution in [2.75, 3.05) is 13.7 Å². The smallest absolute Gasteiger partial charge is 0.338 e. The van der Waals surface area contributed by atoms with E-state index >= 15 is 0 Å². The number of hydrogen-bond acceptors (Lipinski definition) is 6. The van der Waals surface area contributed by atoms with E-state index < -0.39 is 10.9 Å². The summed E-state index contributed by atoms with van der Waals surface area (Å²) in [6.45, 7) is 2.36. The van der Waals surface area contributed by atoms with Crippen LogP contribution in [-0.4, -0.2) is 24.6 Å². The van der Waals surface area contributed by atoms with E-state index in [4.69, 9.17) is 14.2 Å². The van der Waals surface area contributed by atoms with Crippen molar-refractivity contribution >= 4 is 11.7 Å². The topological polar surface area (TPSA) is 87.9 Å². The number of methoxy groups -OCH3 is 1. The van der Waals surface area contributed by atoms with Crippen molar-refractivity contribution in [2.45, 2.75) is 13.5 Å². The first-order valence-corrected chi connectivity index (χ1v) is 7.27. The van der Waals surface area contributed by atoms with E-state index in [0.717, 1.165) is 11.6 Å². The average Bonchev–Trinajstić information content (AvgIpc) is 2.60. The number of nitro benzene ring substituents is 1. The molecule has 7 nitrogen and oxygen atoms in total. The van der Waals surface area contributed by atoms with Gasteiger partial charge in [-0.25, -0.2) is 4.79 Å². The molecule has 0 radical (unpaired) electrons. The summed E-state index contributed by atoms with van der Waals surface area (Å²) in [5.41, 5.74) is 0.508. The second-order valence-corrected chi connectivity index (χ2v) is 4.76. The molecule has 0 heterocycles.